The third-order valence-corrected chi connectivity index (χ3v) is 29.4. The average molecular weight is 1840 g/mol. The van der Waals surface area contributed by atoms with Crippen molar-refractivity contribution in [2.45, 2.75) is 74.9 Å². The van der Waals surface area contributed by atoms with E-state index >= 15 is 0 Å². The van der Waals surface area contributed by atoms with E-state index < -0.39 is 20.6 Å². The van der Waals surface area contributed by atoms with Crippen molar-refractivity contribution in [3.8, 4) is 67.5 Å². The van der Waals surface area contributed by atoms with Crippen LogP contribution in [0.5, 0.6) is 0 Å². The Kier molecular flexibility index (Phi) is 16.0. The maximum atomic E-state index is 8.20. The quantitative estimate of drug-likeness (QED) is 0.142. The molecule has 0 spiro atoms. The van der Waals surface area contributed by atoms with Crippen LogP contribution in [-0.4, -0.2) is 79.3 Å². The number of rotatable bonds is 9. The molecule has 1 atom stereocenters. The summed E-state index contributed by atoms with van der Waals surface area (Å²) in [7, 11) is 0. The van der Waals surface area contributed by atoms with Gasteiger partial charge in [0.25, 0.3) is 0 Å². The number of imidazole rings is 11. The molecule has 1 unspecified atom stereocenters. The van der Waals surface area contributed by atoms with Crippen molar-refractivity contribution in [1.82, 2.24) is 79.3 Å². The van der Waals surface area contributed by atoms with Crippen molar-refractivity contribution >= 4 is 150 Å². The molecule has 1 aliphatic rings. The Morgan fingerprint density at radius 1 is 0.197 bits per heavy atom. The number of nitrogens with zero attached hydrogens (tertiary/aromatic N) is 17. The molecule has 18 aromatic carbocycles. The molecule has 12 heterocycles. The first-order valence-corrected chi connectivity index (χ1v) is 48.0. The summed E-state index contributed by atoms with van der Waals surface area (Å²) in [5.41, 5.74) is 44.9. The zero-order valence-electron chi connectivity index (χ0n) is 87.5. The molecule has 0 saturated heterocycles. The first kappa shape index (κ1) is 73.1. The van der Waals surface area contributed by atoms with Crippen LogP contribution < -0.4 is 0 Å². The molecule has 30 rings (SSSR count). The standard InChI is InChI=1S/2C42H32N6.C41H29N5/c1-25-19-21-29(45-33-13-5-7-15-35(33)47-37-17-9-11-27(3)39(37)43-41(45)47)23-31(25)32-24-30(22-20-26(32)2)46-34-14-6-8-16-36(34)48-38-18-10-12-28(4)40(38)44-42(46)48;1-25-11-9-17-37-39(25)43-41-45(33-13-5-7-15-35(33)47(37)41)29-19-21-31(27(3)23-29)32-22-20-30(24-28(32)4)46-34-14-6-8-16-36(34)48-38-18-10-12-26(2)40(38)44-42(46)48;1-25-9-7-15-35-38(25)42-40-37(31-11-3-4-12-32(31)45(35)40)29-19-17-27(18-20-29)28-21-23-30(24-22-28)44-33-13-5-6-14-34(33)46-36-16-8-10-26(2)39(36)43-41(44)46/h2*5-24H,1-4H3;3-24,37H,1-2H3/i3D3;1D3;2D3. The lowest BCUT2D eigenvalue weighted by atomic mass is 9.90. The molecule has 0 saturated carbocycles. The molecule has 0 bridgehead atoms. The Balaban J connectivity index is 0.000000109. The molecular weight excluding hydrogens is 1740 g/mol. The van der Waals surface area contributed by atoms with E-state index in [1.54, 1.807) is 36.4 Å². The van der Waals surface area contributed by atoms with E-state index in [0.29, 0.717) is 33.9 Å². The van der Waals surface area contributed by atoms with Gasteiger partial charge in [-0.05, 0) is 333 Å². The number of aromatic nitrogens is 17. The van der Waals surface area contributed by atoms with Crippen LogP contribution >= 0.6 is 0 Å². The Labute approximate surface area is 828 Å². The summed E-state index contributed by atoms with van der Waals surface area (Å²) in [5, 5.41) is 0. The van der Waals surface area contributed by atoms with Gasteiger partial charge < -0.3 is 0 Å². The molecular formula is C125H93N17. The minimum Gasteiger partial charge on any atom is -0.295 e. The molecule has 678 valence electrons. The summed E-state index contributed by atoms with van der Waals surface area (Å²) < 4.78 is 97.2. The van der Waals surface area contributed by atoms with Crippen molar-refractivity contribution in [3.63, 3.8) is 0 Å². The Morgan fingerprint density at radius 3 is 0.824 bits per heavy atom. The maximum Gasteiger partial charge on any atom is 0.220 e. The van der Waals surface area contributed by atoms with Crippen molar-refractivity contribution in [2.75, 3.05) is 0 Å². The lowest BCUT2D eigenvalue weighted by molar-refractivity contribution is 0.909. The Morgan fingerprint density at radius 2 is 0.472 bits per heavy atom. The third-order valence-electron chi connectivity index (χ3n) is 29.4. The Hall–Kier alpha value is -18.2. The predicted octanol–water partition coefficient (Wildman–Crippen LogP) is 29.7. The van der Waals surface area contributed by atoms with E-state index in [1.807, 2.05) is 54.6 Å². The van der Waals surface area contributed by atoms with Crippen LogP contribution in [0.25, 0.3) is 218 Å². The second kappa shape index (κ2) is 31.1. The first-order valence-electron chi connectivity index (χ1n) is 52.5. The van der Waals surface area contributed by atoms with E-state index in [9.17, 15) is 0 Å². The highest BCUT2D eigenvalue weighted by atomic mass is 15.3. The van der Waals surface area contributed by atoms with Gasteiger partial charge in [-0.2, -0.15) is 0 Å². The lowest BCUT2D eigenvalue weighted by Gasteiger charge is -2.15. The number of aryl methyl sites for hydroxylation is 10. The van der Waals surface area contributed by atoms with E-state index in [4.69, 9.17) is 42.2 Å². The molecule has 0 fully saturated rings. The number of benzene rings is 18. The number of fused-ring (bicyclic) bond motifs is 30. The second-order valence-electron chi connectivity index (χ2n) is 37.7. The van der Waals surface area contributed by atoms with Gasteiger partial charge in [0.05, 0.1) is 133 Å². The summed E-state index contributed by atoms with van der Waals surface area (Å²) in [6.45, 7) is 8.16. The van der Waals surface area contributed by atoms with E-state index in [2.05, 4.69) is 383 Å². The smallest absolute Gasteiger partial charge is 0.220 e. The molecule has 1 aliphatic heterocycles. The number of para-hydroxylation sites is 17. The molecule has 29 aromatic rings. The SMILES string of the molecule is [2H]C([2H])([2H])c1cccc2c1nc1n(-c3ccc(-c4ccc(-n5c6ccccc6n6c7cccc(C)c7nc56)cc4C)c(C)c3)c3ccccc3n21.[2H]C([2H])([2H])c1cccc2c1nc1n(-c3ccc(-c4ccc(C5c6ccccc6-n6c5nc5c(C)cccc56)cc4)cc3)c3ccccc3n21.[2H]C([2H])([2H])c1cccc2c1nc1n(-c3ccc(C)c(-c4cc(-n5c6ccccc6n6c7cccc(C)c7nc56)ccc4C)c3)c3ccccc3n21. The molecule has 11 aromatic heterocycles. The van der Waals surface area contributed by atoms with Crippen LogP contribution in [0, 0.1) is 69.0 Å². The van der Waals surface area contributed by atoms with Crippen LogP contribution in [0.15, 0.2) is 376 Å². The number of hydrogen-bond donors (Lipinski definition) is 0. The summed E-state index contributed by atoms with van der Waals surface area (Å²) >= 11 is 0. The molecule has 142 heavy (non-hydrogen) atoms. The van der Waals surface area contributed by atoms with Crippen LogP contribution in [0.3, 0.4) is 0 Å². The van der Waals surface area contributed by atoms with Gasteiger partial charge in [-0.1, -0.05) is 212 Å². The van der Waals surface area contributed by atoms with Gasteiger partial charge in [0.2, 0.25) is 28.9 Å². The summed E-state index contributed by atoms with van der Waals surface area (Å²) in [5.74, 6) is 4.93. The van der Waals surface area contributed by atoms with Crippen LogP contribution in [0.1, 0.15) is 90.8 Å². The van der Waals surface area contributed by atoms with Crippen LogP contribution in [-0.2, 0) is 0 Å². The minimum absolute atomic E-state index is 0.0553. The fourth-order valence-electron chi connectivity index (χ4n) is 22.7. The predicted molar refractivity (Wildman–Crippen MR) is 580 cm³/mol. The van der Waals surface area contributed by atoms with Crippen molar-refractivity contribution in [1.29, 1.82) is 0 Å². The highest BCUT2D eigenvalue weighted by Crippen LogP contribution is 2.47. The summed E-state index contributed by atoms with van der Waals surface area (Å²) in [4.78, 5) is 30.4. The molecule has 0 radical (unpaired) electrons. The molecule has 0 N–H and O–H groups in total. The largest absolute Gasteiger partial charge is 0.295 e. The lowest BCUT2D eigenvalue weighted by Crippen LogP contribution is -2.01. The topological polar surface area (TPSA) is 129 Å². The highest BCUT2D eigenvalue weighted by Gasteiger charge is 2.35. The van der Waals surface area contributed by atoms with E-state index in [1.165, 1.54) is 22.4 Å². The van der Waals surface area contributed by atoms with E-state index in [0.717, 1.165) is 217 Å². The van der Waals surface area contributed by atoms with E-state index in [-0.39, 0.29) is 22.6 Å². The minimum atomic E-state index is -2.28. The molecule has 17 heteroatoms. The second-order valence-corrected chi connectivity index (χ2v) is 37.7. The maximum absolute atomic E-state index is 8.20. The fourth-order valence-corrected chi connectivity index (χ4v) is 22.7. The summed E-state index contributed by atoms with van der Waals surface area (Å²) in [6, 6.07) is 129. The van der Waals surface area contributed by atoms with Gasteiger partial charge in [0.15, 0.2) is 0 Å². The van der Waals surface area contributed by atoms with Gasteiger partial charge in [0.1, 0.15) is 5.82 Å². The third kappa shape index (κ3) is 12.1. The van der Waals surface area contributed by atoms with Crippen LogP contribution in [0.4, 0.5) is 0 Å². The van der Waals surface area contributed by atoms with Gasteiger partial charge in [-0.15, -0.1) is 0 Å². The van der Waals surface area contributed by atoms with Crippen molar-refractivity contribution in [3.05, 3.63) is 449 Å². The van der Waals surface area contributed by atoms with Crippen LogP contribution in [0.2, 0.25) is 0 Å². The van der Waals surface area contributed by atoms with Gasteiger partial charge in [-0.25, -0.2) is 29.9 Å². The zero-order valence-corrected chi connectivity index (χ0v) is 78.5. The van der Waals surface area contributed by atoms with Gasteiger partial charge >= 0.3 is 0 Å². The molecule has 0 amide bonds. The monoisotopic (exact) mass is 1840 g/mol. The van der Waals surface area contributed by atoms with Crippen molar-refractivity contribution < 1.29 is 12.3 Å². The first-order chi connectivity index (χ1) is 73.2. The number of hydrogen-bond acceptors (Lipinski definition) is 6. The highest BCUT2D eigenvalue weighted by molar-refractivity contribution is 6.00. The molecule has 0 aliphatic carbocycles. The van der Waals surface area contributed by atoms with Crippen molar-refractivity contribution in [2.24, 2.45) is 0 Å². The van der Waals surface area contributed by atoms with Gasteiger partial charge in [0, 0.05) is 40.8 Å². The average Bonchev–Trinajstić information content (AvgIpc) is 1.58. The zero-order chi connectivity index (χ0) is 103. The Bertz CT molecular complexity index is 10800. The van der Waals surface area contributed by atoms with Gasteiger partial charge in [-0.3, -0.25) is 49.4 Å². The fraction of sp³-hybridized carbons (Fsp3) is 0.0880. The normalized spacial score (nSPS) is 14.0. The molecule has 17 nitrogen and oxygen atoms in total. The summed E-state index contributed by atoms with van der Waals surface area (Å²) in [6.07, 6.45) is 0.